The Kier molecular flexibility index (Phi) is 10.7. The van der Waals surface area contributed by atoms with Gasteiger partial charge in [0.25, 0.3) is 11.9 Å². The van der Waals surface area contributed by atoms with Crippen LogP contribution in [-0.4, -0.2) is 122 Å². The number of nitrogens with one attached hydrogen (secondary N) is 1. The van der Waals surface area contributed by atoms with Gasteiger partial charge >= 0.3 is 22.0 Å². The molecule has 16 heteroatoms. The van der Waals surface area contributed by atoms with Gasteiger partial charge in [0.2, 0.25) is 0 Å². The van der Waals surface area contributed by atoms with Crippen molar-refractivity contribution in [2.75, 3.05) is 33.4 Å². The molecular weight excluding hydrogens is 763 g/mol. The summed E-state index contributed by atoms with van der Waals surface area (Å²) in [5.74, 6) is -0.466. The Morgan fingerprint density at radius 1 is 1.22 bits per heavy atom. The van der Waals surface area contributed by atoms with Gasteiger partial charge in [0.15, 0.2) is 0 Å². The Labute approximate surface area is 335 Å². The SMILES string of the molecule is CCn1c(-c2cccnc2[C@@](C)([Si])OC)c2c3cc(ccc31)-c1csc(n1)CC([Si])(NC(=O)N1CC(C)C1)C(=O)N1CCC[C@@H](C(=O)OCC(C)(C)C2)[N+]1=[Si]. The van der Waals surface area contributed by atoms with E-state index in [1.165, 1.54) is 20.7 Å². The van der Waals surface area contributed by atoms with Crippen molar-refractivity contribution in [3.8, 4) is 22.5 Å². The molecule has 7 rings (SSSR count). The van der Waals surface area contributed by atoms with E-state index in [4.69, 9.17) is 19.4 Å². The van der Waals surface area contributed by atoms with Crippen molar-refractivity contribution in [2.45, 2.75) is 83.3 Å². The van der Waals surface area contributed by atoms with Crippen LogP contribution in [0.4, 0.5) is 4.79 Å². The van der Waals surface area contributed by atoms with Gasteiger partial charge in [-0.1, -0.05) is 26.8 Å². The van der Waals surface area contributed by atoms with Crippen LogP contribution in [0.25, 0.3) is 33.4 Å². The van der Waals surface area contributed by atoms with Gasteiger partial charge in [-0.15, -0.1) is 16.3 Å². The van der Waals surface area contributed by atoms with E-state index in [9.17, 15) is 14.4 Å². The topological polar surface area (TPSA) is 122 Å². The van der Waals surface area contributed by atoms with Gasteiger partial charge in [0, 0.05) is 78.6 Å². The van der Waals surface area contributed by atoms with Gasteiger partial charge in [-0.3, -0.25) is 9.78 Å². The molecule has 1 unspecified atom stereocenters. The standard InChI is InChI=1S/C39H46N7O5SSi3/c1-7-44-29-13-12-24-16-26(29)27(32(44)25-10-8-14-40-33(25)38(5,53)50-6)17-37(3,4)22-51-34(47)30-11-9-15-45(46(30)55)35(48)39(54,18-31-41-28(24)21-52-31)42-36(49)43-19-23(2)20-43/h8,10,12-14,16,21,23,30H,7,9,11,15,17-20,22H2,1-6H3,(H,42,49)/q+1/t30-,38+,39?/m0/s1. The molecule has 0 aliphatic carbocycles. The number of carbonyl (C=O) groups is 3. The molecule has 6 bridgehead atoms. The minimum absolute atomic E-state index is 0.0840. The van der Waals surface area contributed by atoms with E-state index in [1.54, 1.807) is 18.2 Å². The number of thiazole rings is 1. The molecule has 4 aromatic rings. The summed E-state index contributed by atoms with van der Waals surface area (Å²) in [5, 5.41) is 5.78. The first-order valence-electron chi connectivity index (χ1n) is 18.7. The summed E-state index contributed by atoms with van der Waals surface area (Å²) in [4.78, 5) is 53.5. The first-order chi connectivity index (χ1) is 26.1. The molecule has 3 aliphatic heterocycles. The Bertz CT molecular complexity index is 2180. The number of cyclic esters (lactones) is 1. The number of hydrogen-bond acceptors (Lipinski definition) is 8. The number of likely N-dealkylation sites (tertiary alicyclic amines) is 1. The number of nitrogens with zero attached hydrogens (tertiary/aromatic N) is 6. The molecule has 284 valence electrons. The monoisotopic (exact) mass is 808 g/mol. The molecule has 12 nitrogen and oxygen atoms in total. The highest BCUT2D eigenvalue weighted by Gasteiger charge is 2.48. The Balaban J connectivity index is 1.39. The summed E-state index contributed by atoms with van der Waals surface area (Å²) in [6.07, 6.45) is 3.50. The van der Waals surface area contributed by atoms with Gasteiger partial charge in [-0.05, 0) is 62.4 Å². The smallest absolute Gasteiger partial charge is 0.460 e. The van der Waals surface area contributed by atoms with Crippen LogP contribution in [0.3, 0.4) is 0 Å². The molecule has 0 spiro atoms. The van der Waals surface area contributed by atoms with Crippen LogP contribution < -0.4 is 5.32 Å². The predicted octanol–water partition coefficient (Wildman–Crippen LogP) is 4.30. The third-order valence-electron chi connectivity index (χ3n) is 10.9. The van der Waals surface area contributed by atoms with Crippen LogP contribution in [0.1, 0.15) is 63.7 Å². The molecule has 55 heavy (non-hydrogen) atoms. The van der Waals surface area contributed by atoms with Crippen LogP contribution in [-0.2, 0) is 43.7 Å². The first kappa shape index (κ1) is 39.4. The van der Waals surface area contributed by atoms with Crippen molar-refractivity contribution in [1.29, 1.82) is 0 Å². The summed E-state index contributed by atoms with van der Waals surface area (Å²) in [6.45, 7) is 12.8. The van der Waals surface area contributed by atoms with Crippen molar-refractivity contribution in [1.82, 2.24) is 29.8 Å². The maximum Gasteiger partial charge on any atom is 0.538 e. The highest BCUT2D eigenvalue weighted by molar-refractivity contribution is 7.10. The zero-order chi connectivity index (χ0) is 39.4. The van der Waals surface area contributed by atoms with E-state index in [2.05, 4.69) is 92.4 Å². The third kappa shape index (κ3) is 7.43. The second kappa shape index (κ2) is 14.9. The highest BCUT2D eigenvalue weighted by Crippen LogP contribution is 2.42. The summed E-state index contributed by atoms with van der Waals surface area (Å²) in [5.41, 5.74) is 6.05. The van der Waals surface area contributed by atoms with E-state index in [0.717, 1.165) is 44.7 Å². The second-order valence-corrected chi connectivity index (χ2v) is 19.2. The van der Waals surface area contributed by atoms with Crippen LogP contribution in [0.5, 0.6) is 0 Å². The molecule has 3 aliphatic rings. The highest BCUT2D eigenvalue weighted by atomic mass is 32.1. The fourth-order valence-corrected chi connectivity index (χ4v) is 9.93. The van der Waals surface area contributed by atoms with Crippen LogP contribution in [0.2, 0.25) is 0 Å². The van der Waals surface area contributed by atoms with Crippen molar-refractivity contribution in [3.63, 3.8) is 0 Å². The molecule has 2 fully saturated rings. The van der Waals surface area contributed by atoms with Crippen LogP contribution in [0.15, 0.2) is 41.9 Å². The Hall–Kier alpha value is -3.84. The fraction of sp³-hybridized carbons (Fsp3) is 0.513. The largest absolute Gasteiger partial charge is 0.538 e. The normalized spacial score (nSPS) is 23.2. The number of pyridine rings is 1. The van der Waals surface area contributed by atoms with Gasteiger partial charge < -0.3 is 24.3 Å². The molecule has 1 N–H and O–H groups in total. The zero-order valence-corrected chi connectivity index (χ0v) is 36.0. The number of aromatic nitrogens is 3. The number of amides is 3. The number of methoxy groups -OCH3 is 1. The lowest BCUT2D eigenvalue weighted by molar-refractivity contribution is -0.686. The summed E-state index contributed by atoms with van der Waals surface area (Å²) < 4.78 is 15.8. The van der Waals surface area contributed by atoms with Crippen molar-refractivity contribution >= 4 is 70.7 Å². The molecule has 3 atom stereocenters. The number of benzene rings is 1. The summed E-state index contributed by atoms with van der Waals surface area (Å²) >= 11 is 1.43. The minimum atomic E-state index is -1.55. The van der Waals surface area contributed by atoms with Crippen molar-refractivity contribution in [2.24, 2.45) is 11.3 Å². The fourth-order valence-electron chi connectivity index (χ4n) is 7.89. The van der Waals surface area contributed by atoms with Crippen LogP contribution in [0, 0.1) is 11.3 Å². The number of rotatable bonds is 5. The maximum atomic E-state index is 14.5. The van der Waals surface area contributed by atoms with E-state index < -0.39 is 33.7 Å². The number of fused-ring (bicyclic) bond motifs is 6. The first-order valence-corrected chi connectivity index (χ1v) is 21.1. The molecule has 6 heterocycles. The molecule has 0 saturated carbocycles. The van der Waals surface area contributed by atoms with Crippen LogP contribution >= 0.6 is 11.3 Å². The second-order valence-electron chi connectivity index (χ2n) is 16.0. The van der Waals surface area contributed by atoms with Gasteiger partial charge in [0.05, 0.1) is 61.0 Å². The predicted molar refractivity (Wildman–Crippen MR) is 213 cm³/mol. The average molecular weight is 809 g/mol. The number of ether oxygens (including phenoxy) is 2. The van der Waals surface area contributed by atoms with Crippen molar-refractivity contribution < 1.29 is 28.2 Å². The van der Waals surface area contributed by atoms with E-state index >= 15 is 0 Å². The number of esters is 1. The summed E-state index contributed by atoms with van der Waals surface area (Å²) in [7, 11) is 12.9. The number of urea groups is 1. The zero-order valence-electron chi connectivity index (χ0n) is 32.2. The quantitative estimate of drug-likeness (QED) is 0.236. The Morgan fingerprint density at radius 2 is 1.98 bits per heavy atom. The average Bonchev–Trinajstić information content (AvgIpc) is 3.73. The number of aryl methyl sites for hydroxylation is 1. The molecule has 8 radical (unpaired) electrons. The van der Waals surface area contributed by atoms with E-state index in [1.807, 2.05) is 18.4 Å². The Morgan fingerprint density at radius 3 is 2.69 bits per heavy atom. The molecule has 3 amide bonds. The van der Waals surface area contributed by atoms with Crippen molar-refractivity contribution in [3.05, 3.63) is 58.2 Å². The molecular formula is C39H46N7O5SSi3+. The maximum absolute atomic E-state index is 14.5. The minimum Gasteiger partial charge on any atom is -0.460 e. The lowest BCUT2D eigenvalue weighted by Gasteiger charge is -2.41. The van der Waals surface area contributed by atoms with E-state index in [0.29, 0.717) is 56.4 Å². The number of hydrazine groups is 1. The molecule has 1 aromatic carbocycles. The summed E-state index contributed by atoms with van der Waals surface area (Å²) in [6, 6.07) is 9.32. The lowest BCUT2D eigenvalue weighted by atomic mass is 9.84. The third-order valence-corrected chi connectivity index (χ3v) is 13.2. The number of hydrogen-bond donors (Lipinski definition) is 1. The molecule has 3 aromatic heterocycles. The lowest BCUT2D eigenvalue weighted by Crippen LogP contribution is -2.68. The van der Waals surface area contributed by atoms with Gasteiger partial charge in [-0.2, -0.15) is 4.33 Å². The molecule has 2 saturated heterocycles. The number of carbonyl (C=O) groups excluding carboxylic acids is 3. The van der Waals surface area contributed by atoms with Gasteiger partial charge in [-0.25, -0.2) is 14.6 Å². The van der Waals surface area contributed by atoms with Gasteiger partial charge in [0.1, 0.15) is 5.16 Å². The van der Waals surface area contributed by atoms with E-state index in [-0.39, 0.29) is 19.1 Å².